The van der Waals surface area contributed by atoms with Crippen molar-refractivity contribution in [1.29, 1.82) is 0 Å². The summed E-state index contributed by atoms with van der Waals surface area (Å²) in [6, 6.07) is 2.00. The number of hydrogen-bond acceptors (Lipinski definition) is 1. The number of hydrogen-bond donors (Lipinski definition) is 1. The van der Waals surface area contributed by atoms with Gasteiger partial charge in [-0.25, -0.2) is 0 Å². The highest BCUT2D eigenvalue weighted by atomic mass is 15.1. The molecule has 0 spiro atoms. The molecule has 0 aliphatic rings. The van der Waals surface area contributed by atoms with Crippen molar-refractivity contribution in [1.82, 2.24) is 10.2 Å². The third kappa shape index (κ3) is 2.90. The second-order valence-electron chi connectivity index (χ2n) is 1.69. The molecular formula is C7H14N2. The average Bonchev–Trinajstić information content (AvgIpc) is 2.20. The summed E-state index contributed by atoms with van der Waals surface area (Å²) in [4.78, 5) is 0. The Bertz CT molecular complexity index is 139. The normalized spacial score (nSPS) is 8.00. The van der Waals surface area contributed by atoms with Gasteiger partial charge in [0, 0.05) is 5.69 Å². The fourth-order valence-electron chi connectivity index (χ4n) is 0.554. The zero-order chi connectivity index (χ0) is 7.28. The predicted molar refractivity (Wildman–Crippen MR) is 39.4 cm³/mol. The van der Waals surface area contributed by atoms with Gasteiger partial charge in [0.05, 0.1) is 5.69 Å². The first-order chi connectivity index (χ1) is 4.29. The van der Waals surface area contributed by atoms with Crippen molar-refractivity contribution in [3.05, 3.63) is 17.5 Å². The lowest BCUT2D eigenvalue weighted by Crippen LogP contribution is -1.68. The summed E-state index contributed by atoms with van der Waals surface area (Å²) in [7, 11) is 0. The van der Waals surface area contributed by atoms with Crippen LogP contribution >= 0.6 is 0 Å². The monoisotopic (exact) mass is 126 g/mol. The molecule has 1 heterocycles. The van der Waals surface area contributed by atoms with E-state index in [0.29, 0.717) is 0 Å². The molecule has 0 saturated heterocycles. The fourth-order valence-corrected chi connectivity index (χ4v) is 0.554. The summed E-state index contributed by atoms with van der Waals surface area (Å²) < 4.78 is 0. The summed E-state index contributed by atoms with van der Waals surface area (Å²) in [5.41, 5.74) is 2.18. The molecule has 0 aromatic carbocycles. The molecule has 1 N–H and O–H groups in total. The first kappa shape index (κ1) is 8.21. The predicted octanol–water partition coefficient (Wildman–Crippen LogP) is 2.05. The zero-order valence-corrected chi connectivity index (χ0v) is 6.52. The average molecular weight is 126 g/mol. The molecular weight excluding hydrogens is 112 g/mol. The molecule has 0 amide bonds. The summed E-state index contributed by atoms with van der Waals surface area (Å²) in [5, 5.41) is 6.71. The van der Waals surface area contributed by atoms with Crippen molar-refractivity contribution < 1.29 is 0 Å². The summed E-state index contributed by atoms with van der Waals surface area (Å²) in [6.45, 7) is 7.95. The van der Waals surface area contributed by atoms with E-state index in [1.807, 2.05) is 33.8 Å². The molecule has 9 heavy (non-hydrogen) atoms. The largest absolute Gasteiger partial charge is 0.283 e. The number of aromatic nitrogens is 2. The van der Waals surface area contributed by atoms with Crippen LogP contribution in [0.3, 0.4) is 0 Å². The number of nitrogens with one attached hydrogen (secondary N) is 1. The number of H-pyrrole nitrogens is 1. The smallest absolute Gasteiger partial charge is 0.0593 e. The third-order valence-corrected chi connectivity index (χ3v) is 0.834. The number of aromatic amines is 1. The molecule has 52 valence electrons. The van der Waals surface area contributed by atoms with Crippen LogP contribution in [0.25, 0.3) is 0 Å². The molecule has 0 aliphatic heterocycles. The van der Waals surface area contributed by atoms with E-state index in [0.717, 1.165) is 11.4 Å². The van der Waals surface area contributed by atoms with Gasteiger partial charge < -0.3 is 0 Å². The van der Waals surface area contributed by atoms with E-state index in [4.69, 9.17) is 0 Å². The minimum absolute atomic E-state index is 1.05. The Morgan fingerprint density at radius 2 is 1.89 bits per heavy atom. The Kier molecular flexibility index (Phi) is 3.76. The fraction of sp³-hybridized carbons (Fsp3) is 0.571. The Morgan fingerprint density at radius 3 is 2.00 bits per heavy atom. The van der Waals surface area contributed by atoms with Crippen molar-refractivity contribution in [2.45, 2.75) is 27.7 Å². The highest BCUT2D eigenvalue weighted by molar-refractivity contribution is 5.03. The summed E-state index contributed by atoms with van der Waals surface area (Å²) in [5.74, 6) is 0. The summed E-state index contributed by atoms with van der Waals surface area (Å²) in [6.07, 6.45) is 0. The highest BCUT2D eigenvalue weighted by Gasteiger charge is 1.84. The molecule has 1 rings (SSSR count). The highest BCUT2D eigenvalue weighted by Crippen LogP contribution is 1.92. The number of rotatable bonds is 0. The van der Waals surface area contributed by atoms with Gasteiger partial charge in [-0.05, 0) is 19.9 Å². The van der Waals surface area contributed by atoms with Gasteiger partial charge in [-0.3, -0.25) is 5.10 Å². The molecule has 2 nitrogen and oxygen atoms in total. The molecule has 1 aromatic heterocycles. The van der Waals surface area contributed by atoms with E-state index >= 15 is 0 Å². The van der Waals surface area contributed by atoms with Crippen molar-refractivity contribution >= 4 is 0 Å². The van der Waals surface area contributed by atoms with Crippen LogP contribution in [0.4, 0.5) is 0 Å². The lowest BCUT2D eigenvalue weighted by molar-refractivity contribution is 1.02. The van der Waals surface area contributed by atoms with Crippen LogP contribution in [0.2, 0.25) is 0 Å². The molecule has 0 atom stereocenters. The molecule has 0 bridgehead atoms. The van der Waals surface area contributed by atoms with E-state index in [2.05, 4.69) is 10.2 Å². The van der Waals surface area contributed by atoms with Crippen molar-refractivity contribution in [3.63, 3.8) is 0 Å². The van der Waals surface area contributed by atoms with E-state index in [-0.39, 0.29) is 0 Å². The van der Waals surface area contributed by atoms with Crippen LogP contribution < -0.4 is 0 Å². The second-order valence-corrected chi connectivity index (χ2v) is 1.69. The van der Waals surface area contributed by atoms with Gasteiger partial charge in [-0.2, -0.15) is 5.10 Å². The van der Waals surface area contributed by atoms with E-state index < -0.39 is 0 Å². The van der Waals surface area contributed by atoms with E-state index in [9.17, 15) is 0 Å². The molecule has 0 aliphatic carbocycles. The Morgan fingerprint density at radius 1 is 1.33 bits per heavy atom. The maximum Gasteiger partial charge on any atom is 0.0593 e. The van der Waals surface area contributed by atoms with Gasteiger partial charge in [0.15, 0.2) is 0 Å². The topological polar surface area (TPSA) is 28.7 Å². The van der Waals surface area contributed by atoms with Gasteiger partial charge >= 0.3 is 0 Å². The van der Waals surface area contributed by atoms with Crippen molar-refractivity contribution in [2.24, 2.45) is 0 Å². The number of aryl methyl sites for hydroxylation is 2. The number of nitrogens with zero attached hydrogens (tertiary/aromatic N) is 1. The zero-order valence-electron chi connectivity index (χ0n) is 6.52. The van der Waals surface area contributed by atoms with Crippen molar-refractivity contribution in [2.75, 3.05) is 0 Å². The van der Waals surface area contributed by atoms with Crippen LogP contribution in [0.5, 0.6) is 0 Å². The molecule has 2 heteroatoms. The van der Waals surface area contributed by atoms with Gasteiger partial charge in [0.2, 0.25) is 0 Å². The minimum atomic E-state index is 1.05. The molecule has 1 aromatic rings. The van der Waals surface area contributed by atoms with Crippen LogP contribution in [0.1, 0.15) is 25.2 Å². The molecule has 0 fully saturated rings. The quantitative estimate of drug-likeness (QED) is 0.566. The first-order valence-corrected chi connectivity index (χ1v) is 3.27. The van der Waals surface area contributed by atoms with Gasteiger partial charge in [0.1, 0.15) is 0 Å². The van der Waals surface area contributed by atoms with Crippen LogP contribution in [-0.2, 0) is 0 Å². The van der Waals surface area contributed by atoms with Crippen LogP contribution in [-0.4, -0.2) is 10.2 Å². The first-order valence-electron chi connectivity index (χ1n) is 3.27. The maximum atomic E-state index is 3.89. The Labute approximate surface area is 56.3 Å². The van der Waals surface area contributed by atoms with Gasteiger partial charge in [0.25, 0.3) is 0 Å². The minimum Gasteiger partial charge on any atom is -0.283 e. The lowest BCUT2D eigenvalue weighted by Gasteiger charge is -1.68. The molecule has 0 unspecified atom stereocenters. The Balaban J connectivity index is 0.000000291. The van der Waals surface area contributed by atoms with Crippen LogP contribution in [0.15, 0.2) is 6.07 Å². The summed E-state index contributed by atoms with van der Waals surface area (Å²) >= 11 is 0. The Hall–Kier alpha value is -0.790. The maximum absolute atomic E-state index is 3.89. The van der Waals surface area contributed by atoms with Gasteiger partial charge in [-0.1, -0.05) is 13.8 Å². The van der Waals surface area contributed by atoms with E-state index in [1.165, 1.54) is 0 Å². The molecule has 0 saturated carbocycles. The lowest BCUT2D eigenvalue weighted by atomic mass is 10.4. The SMILES string of the molecule is CC.Cc1cc(C)[nH]n1. The standard InChI is InChI=1S/C5H8N2.C2H6/c1-4-3-5(2)7-6-4;1-2/h3H,1-2H3,(H,6,7);1-2H3. The molecule has 0 radical (unpaired) electrons. The van der Waals surface area contributed by atoms with Crippen LogP contribution in [0, 0.1) is 13.8 Å². The van der Waals surface area contributed by atoms with Crippen molar-refractivity contribution in [3.8, 4) is 0 Å². The van der Waals surface area contributed by atoms with Gasteiger partial charge in [-0.15, -0.1) is 0 Å². The third-order valence-electron chi connectivity index (χ3n) is 0.834. The second kappa shape index (κ2) is 4.13. The van der Waals surface area contributed by atoms with E-state index in [1.54, 1.807) is 0 Å².